The second-order valence-electron chi connectivity index (χ2n) is 6.79. The number of fused-ring (bicyclic) bond motifs is 1. The van der Waals surface area contributed by atoms with Crippen LogP contribution in [0.25, 0.3) is 10.8 Å². The number of nitrogens with one attached hydrogen (secondary N) is 1. The maximum atomic E-state index is 12.8. The molecule has 144 valence electrons. The van der Waals surface area contributed by atoms with Crippen LogP contribution in [-0.4, -0.2) is 46.7 Å². The molecule has 2 amide bonds. The lowest BCUT2D eigenvalue weighted by molar-refractivity contribution is -0.127. The predicted molar refractivity (Wildman–Crippen MR) is 106 cm³/mol. The van der Waals surface area contributed by atoms with Crippen LogP contribution in [0.1, 0.15) is 23.2 Å². The smallest absolute Gasteiger partial charge is 0.256 e. The lowest BCUT2D eigenvalue weighted by Gasteiger charge is -2.14. The zero-order valence-electron chi connectivity index (χ0n) is 15.7. The summed E-state index contributed by atoms with van der Waals surface area (Å²) in [6.45, 7) is 2.05. The van der Waals surface area contributed by atoms with Crippen LogP contribution < -0.4 is 10.1 Å². The first-order valence-electron chi connectivity index (χ1n) is 9.33. The number of ether oxygens (including phenoxy) is 1. The number of anilines is 1. The molecule has 1 N–H and O–H groups in total. The Morgan fingerprint density at radius 2 is 2.00 bits per heavy atom. The molecule has 0 saturated carbocycles. The van der Waals surface area contributed by atoms with Crippen LogP contribution in [0.4, 0.5) is 5.69 Å². The van der Waals surface area contributed by atoms with Gasteiger partial charge in [0.15, 0.2) is 0 Å². The van der Waals surface area contributed by atoms with Crippen LogP contribution in [0, 0.1) is 0 Å². The third-order valence-electron chi connectivity index (χ3n) is 5.01. The number of rotatable bonds is 6. The van der Waals surface area contributed by atoms with Crippen molar-refractivity contribution in [3.8, 4) is 5.75 Å². The summed E-state index contributed by atoms with van der Waals surface area (Å²) in [6.07, 6.45) is 4.96. The fourth-order valence-electron chi connectivity index (χ4n) is 3.56. The van der Waals surface area contributed by atoms with E-state index in [1.807, 2.05) is 29.2 Å². The molecule has 1 saturated heterocycles. The Labute approximate surface area is 162 Å². The van der Waals surface area contributed by atoms with Gasteiger partial charge in [-0.3, -0.25) is 14.3 Å². The van der Waals surface area contributed by atoms with Crippen molar-refractivity contribution in [3.63, 3.8) is 0 Å². The number of benzene rings is 2. The first-order chi connectivity index (χ1) is 13.7. The van der Waals surface area contributed by atoms with E-state index < -0.39 is 0 Å². The van der Waals surface area contributed by atoms with Gasteiger partial charge in [-0.1, -0.05) is 24.3 Å². The number of likely N-dealkylation sites (tertiary alicyclic amines) is 1. The number of carbonyl (C=O) groups excluding carboxylic acids is 2. The molecular formula is C21H22N4O3. The Hall–Kier alpha value is -3.35. The number of hydrogen-bond donors (Lipinski definition) is 1. The van der Waals surface area contributed by atoms with E-state index in [2.05, 4.69) is 10.4 Å². The number of hydrogen-bond acceptors (Lipinski definition) is 4. The van der Waals surface area contributed by atoms with Gasteiger partial charge in [-0.05, 0) is 23.9 Å². The minimum Gasteiger partial charge on any atom is -0.496 e. The van der Waals surface area contributed by atoms with Crippen molar-refractivity contribution in [1.29, 1.82) is 0 Å². The average Bonchev–Trinajstić information content (AvgIpc) is 3.33. The Morgan fingerprint density at radius 1 is 1.18 bits per heavy atom. The molecule has 3 aromatic rings. The monoisotopic (exact) mass is 378 g/mol. The van der Waals surface area contributed by atoms with E-state index in [1.54, 1.807) is 36.3 Å². The molecule has 0 unspecified atom stereocenters. The van der Waals surface area contributed by atoms with E-state index >= 15 is 0 Å². The second kappa shape index (κ2) is 7.72. The molecule has 0 spiro atoms. The molecule has 28 heavy (non-hydrogen) atoms. The standard InChI is InChI=1S/C21H22N4O3/c1-28-19-9-8-18(16-5-2-3-6-17(16)19)21(27)23-15-13-22-25(14-15)12-11-24-10-4-7-20(24)26/h2-3,5-6,8-9,13-14H,4,7,10-12H2,1H3,(H,23,27). The first kappa shape index (κ1) is 18.0. The van der Waals surface area contributed by atoms with Gasteiger partial charge in [-0.2, -0.15) is 5.10 Å². The van der Waals surface area contributed by atoms with Gasteiger partial charge in [-0.25, -0.2) is 0 Å². The van der Waals surface area contributed by atoms with E-state index in [1.165, 1.54) is 0 Å². The van der Waals surface area contributed by atoms with Gasteiger partial charge < -0.3 is 15.0 Å². The Kier molecular flexibility index (Phi) is 4.97. The quantitative estimate of drug-likeness (QED) is 0.716. The number of carbonyl (C=O) groups is 2. The lowest BCUT2D eigenvalue weighted by Crippen LogP contribution is -2.28. The SMILES string of the molecule is COc1ccc(C(=O)Nc2cnn(CCN3CCCC3=O)c2)c2ccccc12. The number of aromatic nitrogens is 2. The molecule has 2 aromatic carbocycles. The highest BCUT2D eigenvalue weighted by atomic mass is 16.5. The Balaban J connectivity index is 1.46. The fraction of sp³-hybridized carbons (Fsp3) is 0.286. The molecule has 2 heterocycles. The summed E-state index contributed by atoms with van der Waals surface area (Å²) in [5, 5.41) is 8.91. The summed E-state index contributed by atoms with van der Waals surface area (Å²) in [6, 6.07) is 11.2. The summed E-state index contributed by atoms with van der Waals surface area (Å²) in [5.74, 6) is 0.733. The van der Waals surface area contributed by atoms with E-state index in [0.717, 1.165) is 29.5 Å². The lowest BCUT2D eigenvalue weighted by atomic mass is 10.0. The number of nitrogens with zero attached hydrogens (tertiary/aromatic N) is 3. The van der Waals surface area contributed by atoms with Crippen molar-refractivity contribution in [3.05, 3.63) is 54.4 Å². The van der Waals surface area contributed by atoms with E-state index in [4.69, 9.17) is 4.74 Å². The topological polar surface area (TPSA) is 76.5 Å². The van der Waals surface area contributed by atoms with Crippen molar-refractivity contribution in [2.75, 3.05) is 25.5 Å². The van der Waals surface area contributed by atoms with Crippen LogP contribution in [-0.2, 0) is 11.3 Å². The van der Waals surface area contributed by atoms with Crippen molar-refractivity contribution < 1.29 is 14.3 Å². The summed E-state index contributed by atoms with van der Waals surface area (Å²) in [5.41, 5.74) is 1.20. The van der Waals surface area contributed by atoms with Crippen molar-refractivity contribution in [2.24, 2.45) is 0 Å². The van der Waals surface area contributed by atoms with Crippen molar-refractivity contribution in [1.82, 2.24) is 14.7 Å². The van der Waals surface area contributed by atoms with Gasteiger partial charge in [0.1, 0.15) is 5.75 Å². The molecular weight excluding hydrogens is 356 g/mol. The molecule has 0 atom stereocenters. The minimum absolute atomic E-state index is 0.201. The molecule has 1 fully saturated rings. The van der Waals surface area contributed by atoms with E-state index in [-0.39, 0.29) is 11.8 Å². The average molecular weight is 378 g/mol. The maximum Gasteiger partial charge on any atom is 0.256 e. The molecule has 0 bridgehead atoms. The summed E-state index contributed by atoms with van der Waals surface area (Å²) in [7, 11) is 1.62. The van der Waals surface area contributed by atoms with Gasteiger partial charge in [0.25, 0.3) is 5.91 Å². The Bertz CT molecular complexity index is 1030. The van der Waals surface area contributed by atoms with E-state index in [0.29, 0.717) is 30.8 Å². The predicted octanol–water partition coefficient (Wildman–Crippen LogP) is 2.92. The van der Waals surface area contributed by atoms with Gasteiger partial charge in [0.2, 0.25) is 5.91 Å². The van der Waals surface area contributed by atoms with Crippen LogP contribution in [0.2, 0.25) is 0 Å². The van der Waals surface area contributed by atoms with Crippen LogP contribution in [0.3, 0.4) is 0 Å². The molecule has 7 nitrogen and oxygen atoms in total. The first-order valence-corrected chi connectivity index (χ1v) is 9.33. The maximum absolute atomic E-state index is 12.8. The van der Waals surface area contributed by atoms with Crippen LogP contribution in [0.5, 0.6) is 5.75 Å². The van der Waals surface area contributed by atoms with Crippen LogP contribution >= 0.6 is 0 Å². The largest absolute Gasteiger partial charge is 0.496 e. The minimum atomic E-state index is -0.201. The molecule has 7 heteroatoms. The second-order valence-corrected chi connectivity index (χ2v) is 6.79. The highest BCUT2D eigenvalue weighted by molar-refractivity contribution is 6.13. The third-order valence-corrected chi connectivity index (χ3v) is 5.01. The van der Waals surface area contributed by atoms with E-state index in [9.17, 15) is 9.59 Å². The third kappa shape index (κ3) is 3.55. The highest BCUT2D eigenvalue weighted by Gasteiger charge is 2.19. The van der Waals surface area contributed by atoms with Gasteiger partial charge >= 0.3 is 0 Å². The highest BCUT2D eigenvalue weighted by Crippen LogP contribution is 2.28. The number of amides is 2. The molecule has 0 radical (unpaired) electrons. The van der Waals surface area contributed by atoms with Gasteiger partial charge in [0, 0.05) is 36.7 Å². The molecule has 4 rings (SSSR count). The molecule has 0 aliphatic carbocycles. The van der Waals surface area contributed by atoms with Crippen LogP contribution in [0.15, 0.2) is 48.8 Å². The normalized spacial score (nSPS) is 13.9. The Morgan fingerprint density at radius 3 is 2.75 bits per heavy atom. The van der Waals surface area contributed by atoms with Gasteiger partial charge in [0.05, 0.1) is 25.5 Å². The van der Waals surface area contributed by atoms with Crippen molar-refractivity contribution >= 4 is 28.3 Å². The zero-order valence-corrected chi connectivity index (χ0v) is 15.7. The fourth-order valence-corrected chi connectivity index (χ4v) is 3.56. The number of methoxy groups -OCH3 is 1. The summed E-state index contributed by atoms with van der Waals surface area (Å²) in [4.78, 5) is 26.3. The summed E-state index contributed by atoms with van der Waals surface area (Å²) < 4.78 is 7.13. The molecule has 1 aromatic heterocycles. The van der Waals surface area contributed by atoms with Gasteiger partial charge in [-0.15, -0.1) is 0 Å². The molecule has 1 aliphatic heterocycles. The summed E-state index contributed by atoms with van der Waals surface area (Å²) >= 11 is 0. The van der Waals surface area contributed by atoms with Crippen molar-refractivity contribution in [2.45, 2.75) is 19.4 Å². The zero-order chi connectivity index (χ0) is 19.5. The molecule has 1 aliphatic rings.